The van der Waals surface area contributed by atoms with Crippen LogP contribution in [0, 0.1) is 0 Å². The van der Waals surface area contributed by atoms with Gasteiger partial charge in [0.15, 0.2) is 0 Å². The van der Waals surface area contributed by atoms with Gasteiger partial charge >= 0.3 is 5.97 Å². The smallest absolute Gasteiger partial charge is 0.325 e. The Balaban J connectivity index is 1.96. The van der Waals surface area contributed by atoms with Crippen molar-refractivity contribution in [1.82, 2.24) is 5.32 Å². The highest BCUT2D eigenvalue weighted by molar-refractivity contribution is 5.80. The van der Waals surface area contributed by atoms with Gasteiger partial charge in [-0.2, -0.15) is 0 Å². The van der Waals surface area contributed by atoms with Gasteiger partial charge in [0.1, 0.15) is 6.04 Å². The standard InChI is InChI=1S/C11H13NO2/c1-2-14-11(13)10-9(12-10)8-6-4-3-5-7-8/h3-7,9-10,12H,2H2,1H3/t9-,10+/m0/s1. The summed E-state index contributed by atoms with van der Waals surface area (Å²) in [4.78, 5) is 11.3. The van der Waals surface area contributed by atoms with E-state index in [1.165, 1.54) is 0 Å². The molecule has 1 aromatic carbocycles. The van der Waals surface area contributed by atoms with Gasteiger partial charge in [-0.15, -0.1) is 0 Å². The lowest BCUT2D eigenvalue weighted by Gasteiger charge is -1.98. The van der Waals surface area contributed by atoms with Gasteiger partial charge in [-0.1, -0.05) is 30.3 Å². The van der Waals surface area contributed by atoms with Gasteiger partial charge < -0.3 is 4.74 Å². The number of carbonyl (C=O) groups is 1. The van der Waals surface area contributed by atoms with Crippen molar-refractivity contribution < 1.29 is 9.53 Å². The summed E-state index contributed by atoms with van der Waals surface area (Å²) in [6, 6.07) is 9.93. The average molecular weight is 191 g/mol. The molecule has 1 N–H and O–H groups in total. The number of rotatable bonds is 3. The lowest BCUT2D eigenvalue weighted by molar-refractivity contribution is -0.142. The largest absolute Gasteiger partial charge is 0.465 e. The molecule has 1 fully saturated rings. The molecule has 2 rings (SSSR count). The maximum Gasteiger partial charge on any atom is 0.325 e. The van der Waals surface area contributed by atoms with Crippen LogP contribution in [0.2, 0.25) is 0 Å². The molecule has 3 nitrogen and oxygen atoms in total. The molecular weight excluding hydrogens is 178 g/mol. The molecule has 0 aromatic heterocycles. The summed E-state index contributed by atoms with van der Waals surface area (Å²) in [6.07, 6.45) is 0. The minimum Gasteiger partial charge on any atom is -0.465 e. The third-order valence-corrected chi connectivity index (χ3v) is 2.28. The Hall–Kier alpha value is -1.35. The van der Waals surface area contributed by atoms with Crippen LogP contribution in [0.25, 0.3) is 0 Å². The predicted octanol–water partition coefficient (Wildman–Crippen LogP) is 1.26. The van der Waals surface area contributed by atoms with E-state index >= 15 is 0 Å². The SMILES string of the molecule is CCOC(=O)[C@@H]1N[C@H]1c1ccccc1. The number of carbonyl (C=O) groups excluding carboxylic acids is 1. The maximum absolute atomic E-state index is 11.3. The van der Waals surface area contributed by atoms with Crippen LogP contribution in [-0.4, -0.2) is 18.6 Å². The van der Waals surface area contributed by atoms with E-state index in [-0.39, 0.29) is 18.1 Å². The molecule has 1 heterocycles. The number of hydrogen-bond acceptors (Lipinski definition) is 3. The van der Waals surface area contributed by atoms with Crippen LogP contribution in [0.5, 0.6) is 0 Å². The number of nitrogens with one attached hydrogen (secondary N) is 1. The summed E-state index contributed by atoms with van der Waals surface area (Å²) in [7, 11) is 0. The molecule has 1 aliphatic heterocycles. The molecule has 1 aliphatic rings. The fourth-order valence-electron chi connectivity index (χ4n) is 1.52. The number of esters is 1. The third kappa shape index (κ3) is 1.77. The van der Waals surface area contributed by atoms with Gasteiger partial charge in [0.2, 0.25) is 0 Å². The van der Waals surface area contributed by atoms with Crippen molar-refractivity contribution in [3.8, 4) is 0 Å². The quantitative estimate of drug-likeness (QED) is 0.578. The van der Waals surface area contributed by atoms with Crippen molar-refractivity contribution in [3.63, 3.8) is 0 Å². The molecular formula is C11H13NO2. The summed E-state index contributed by atoms with van der Waals surface area (Å²) in [6.45, 7) is 2.26. The zero-order valence-electron chi connectivity index (χ0n) is 8.07. The highest BCUT2D eigenvalue weighted by Crippen LogP contribution is 2.29. The normalized spacial score (nSPS) is 24.4. The van der Waals surface area contributed by atoms with Crippen LogP contribution in [0.4, 0.5) is 0 Å². The number of benzene rings is 1. The van der Waals surface area contributed by atoms with Gasteiger partial charge in [-0.25, -0.2) is 0 Å². The van der Waals surface area contributed by atoms with Crippen molar-refractivity contribution in [1.29, 1.82) is 0 Å². The van der Waals surface area contributed by atoms with E-state index in [4.69, 9.17) is 4.74 Å². The molecule has 3 heteroatoms. The van der Waals surface area contributed by atoms with E-state index < -0.39 is 0 Å². The van der Waals surface area contributed by atoms with E-state index in [0.29, 0.717) is 6.61 Å². The van der Waals surface area contributed by atoms with Gasteiger partial charge in [0.25, 0.3) is 0 Å². The van der Waals surface area contributed by atoms with Crippen molar-refractivity contribution >= 4 is 5.97 Å². The highest BCUT2D eigenvalue weighted by Gasteiger charge is 2.44. The van der Waals surface area contributed by atoms with E-state index in [1.54, 1.807) is 0 Å². The first-order valence-corrected chi connectivity index (χ1v) is 4.80. The first-order valence-electron chi connectivity index (χ1n) is 4.80. The maximum atomic E-state index is 11.3. The molecule has 0 bridgehead atoms. The van der Waals surface area contributed by atoms with Gasteiger partial charge in [-0.3, -0.25) is 10.1 Å². The first kappa shape index (κ1) is 9.21. The Labute approximate surface area is 83.1 Å². The van der Waals surface area contributed by atoms with E-state index in [2.05, 4.69) is 5.32 Å². The van der Waals surface area contributed by atoms with Crippen LogP contribution in [0.1, 0.15) is 18.5 Å². The molecule has 0 aliphatic carbocycles. The zero-order valence-corrected chi connectivity index (χ0v) is 8.07. The lowest BCUT2D eigenvalue weighted by atomic mass is 10.1. The topological polar surface area (TPSA) is 48.2 Å². The van der Waals surface area contributed by atoms with Crippen molar-refractivity contribution in [2.45, 2.75) is 19.0 Å². The lowest BCUT2D eigenvalue weighted by Crippen LogP contribution is -2.13. The fraction of sp³-hybridized carbons (Fsp3) is 0.364. The van der Waals surface area contributed by atoms with Gasteiger partial charge in [0, 0.05) is 0 Å². The van der Waals surface area contributed by atoms with E-state index in [1.807, 2.05) is 37.3 Å². The summed E-state index contributed by atoms with van der Waals surface area (Å²) in [5, 5.41) is 3.10. The molecule has 0 radical (unpaired) electrons. The minimum atomic E-state index is -0.152. The average Bonchev–Trinajstić information content (AvgIpc) is 2.99. The van der Waals surface area contributed by atoms with Crippen LogP contribution >= 0.6 is 0 Å². The number of ether oxygens (including phenoxy) is 1. The second-order valence-corrected chi connectivity index (χ2v) is 3.28. The number of hydrogen-bond donors (Lipinski definition) is 1. The molecule has 14 heavy (non-hydrogen) atoms. The zero-order chi connectivity index (χ0) is 9.97. The second-order valence-electron chi connectivity index (χ2n) is 3.28. The minimum absolute atomic E-state index is 0.141. The summed E-state index contributed by atoms with van der Waals surface area (Å²) in [5.41, 5.74) is 1.14. The Morgan fingerprint density at radius 1 is 1.43 bits per heavy atom. The summed E-state index contributed by atoms with van der Waals surface area (Å²) >= 11 is 0. The monoisotopic (exact) mass is 191 g/mol. The highest BCUT2D eigenvalue weighted by atomic mass is 16.5. The molecule has 1 saturated heterocycles. The summed E-state index contributed by atoms with van der Waals surface area (Å²) in [5.74, 6) is -0.152. The summed E-state index contributed by atoms with van der Waals surface area (Å²) < 4.78 is 4.92. The Bertz CT molecular complexity index is 323. The molecule has 0 saturated carbocycles. The second kappa shape index (κ2) is 3.80. The van der Waals surface area contributed by atoms with Gasteiger partial charge in [0.05, 0.1) is 12.6 Å². The molecule has 74 valence electrons. The fourth-order valence-corrected chi connectivity index (χ4v) is 1.52. The molecule has 0 amide bonds. The van der Waals surface area contributed by atoms with Crippen LogP contribution < -0.4 is 5.32 Å². The third-order valence-electron chi connectivity index (χ3n) is 2.28. The van der Waals surface area contributed by atoms with E-state index in [9.17, 15) is 4.79 Å². The van der Waals surface area contributed by atoms with Crippen molar-refractivity contribution in [2.75, 3.05) is 6.61 Å². The van der Waals surface area contributed by atoms with Crippen LogP contribution in [0.15, 0.2) is 30.3 Å². The Kier molecular flexibility index (Phi) is 2.50. The van der Waals surface area contributed by atoms with Gasteiger partial charge in [-0.05, 0) is 12.5 Å². The molecule has 2 atom stereocenters. The molecule has 0 spiro atoms. The first-order chi connectivity index (χ1) is 6.83. The predicted molar refractivity (Wildman–Crippen MR) is 52.7 cm³/mol. The van der Waals surface area contributed by atoms with Crippen molar-refractivity contribution in [3.05, 3.63) is 35.9 Å². The van der Waals surface area contributed by atoms with Crippen LogP contribution in [0.3, 0.4) is 0 Å². The molecule has 0 unspecified atom stereocenters. The Morgan fingerprint density at radius 2 is 2.14 bits per heavy atom. The van der Waals surface area contributed by atoms with Crippen LogP contribution in [-0.2, 0) is 9.53 Å². The Morgan fingerprint density at radius 3 is 2.79 bits per heavy atom. The van der Waals surface area contributed by atoms with Crippen molar-refractivity contribution in [2.24, 2.45) is 0 Å². The molecule has 1 aromatic rings. The van der Waals surface area contributed by atoms with E-state index in [0.717, 1.165) is 5.56 Å².